The van der Waals surface area contributed by atoms with Gasteiger partial charge in [0.25, 0.3) is 5.91 Å². The zero-order valence-electron chi connectivity index (χ0n) is 17.7. The summed E-state index contributed by atoms with van der Waals surface area (Å²) in [5, 5.41) is 2.69. The molecule has 3 rings (SSSR count). The third-order valence-corrected chi connectivity index (χ3v) is 6.90. The molecule has 0 bridgehead atoms. The van der Waals surface area contributed by atoms with Crippen molar-refractivity contribution in [2.24, 2.45) is 0 Å². The fourth-order valence-electron chi connectivity index (χ4n) is 3.27. The number of sulfonamides is 1. The maximum atomic E-state index is 13.4. The third-order valence-electron chi connectivity index (χ3n) is 5.09. The molecule has 2 aromatic rings. The molecular weight excluding hydrogens is 442 g/mol. The molecule has 2 amide bonds. The van der Waals surface area contributed by atoms with Crippen molar-refractivity contribution in [1.82, 2.24) is 14.1 Å². The maximum Gasteiger partial charge on any atom is 0.254 e. The van der Waals surface area contributed by atoms with E-state index in [1.807, 2.05) is 4.90 Å². The zero-order valence-corrected chi connectivity index (χ0v) is 18.5. The van der Waals surface area contributed by atoms with E-state index in [1.165, 1.54) is 37.2 Å². The summed E-state index contributed by atoms with van der Waals surface area (Å²) in [5.41, 5.74) is 0.438. The smallest absolute Gasteiger partial charge is 0.254 e. The first-order valence-electron chi connectivity index (χ1n) is 9.87. The molecule has 0 radical (unpaired) electrons. The summed E-state index contributed by atoms with van der Waals surface area (Å²) in [4.78, 5) is 28.3. The highest BCUT2D eigenvalue weighted by molar-refractivity contribution is 7.89. The molecular formula is C21H24F2N4O4S. The maximum absolute atomic E-state index is 13.4. The monoisotopic (exact) mass is 466 g/mol. The highest BCUT2D eigenvalue weighted by Crippen LogP contribution is 2.18. The molecule has 1 heterocycles. The molecule has 2 aromatic carbocycles. The van der Waals surface area contributed by atoms with Gasteiger partial charge in [-0.2, -0.15) is 0 Å². The van der Waals surface area contributed by atoms with Crippen LogP contribution in [-0.2, 0) is 14.8 Å². The minimum absolute atomic E-state index is 0.0673. The Kier molecular flexibility index (Phi) is 7.22. The molecule has 0 aliphatic carbocycles. The molecule has 1 fully saturated rings. The van der Waals surface area contributed by atoms with E-state index >= 15 is 0 Å². The first-order valence-corrected chi connectivity index (χ1v) is 11.3. The van der Waals surface area contributed by atoms with Crippen molar-refractivity contribution in [2.75, 3.05) is 52.1 Å². The second-order valence-electron chi connectivity index (χ2n) is 7.56. The molecule has 1 saturated heterocycles. The van der Waals surface area contributed by atoms with Crippen LogP contribution in [0.2, 0.25) is 0 Å². The molecule has 0 spiro atoms. The largest absolute Gasteiger partial charge is 0.336 e. The SMILES string of the molecule is CN(C)S(=O)(=O)c1cccc(NC(=O)CN2CCN(C(=O)c3ccc(F)c(F)c3)CC2)c1. The van der Waals surface area contributed by atoms with E-state index in [0.29, 0.717) is 31.9 Å². The van der Waals surface area contributed by atoms with Crippen molar-refractivity contribution >= 4 is 27.5 Å². The fraction of sp³-hybridized carbons (Fsp3) is 0.333. The fourth-order valence-corrected chi connectivity index (χ4v) is 4.22. The lowest BCUT2D eigenvalue weighted by Gasteiger charge is -2.34. The standard InChI is InChI=1S/C21H24F2N4O4S/c1-25(2)32(30,31)17-5-3-4-16(13-17)24-20(28)14-26-8-10-27(11-9-26)21(29)15-6-7-18(22)19(23)12-15/h3-7,12-13H,8-11,14H2,1-2H3,(H,24,28). The minimum atomic E-state index is -3.61. The number of nitrogens with zero attached hydrogens (tertiary/aromatic N) is 3. The van der Waals surface area contributed by atoms with E-state index in [9.17, 15) is 26.8 Å². The summed E-state index contributed by atoms with van der Waals surface area (Å²) in [6, 6.07) is 9.04. The average Bonchev–Trinajstić information content (AvgIpc) is 2.75. The van der Waals surface area contributed by atoms with Gasteiger partial charge in [0.15, 0.2) is 11.6 Å². The topological polar surface area (TPSA) is 90.0 Å². The summed E-state index contributed by atoms with van der Waals surface area (Å²) in [7, 11) is -0.759. The number of carbonyl (C=O) groups excluding carboxylic acids is 2. The number of rotatable bonds is 6. The van der Waals surface area contributed by atoms with Crippen LogP contribution in [0.1, 0.15) is 10.4 Å². The molecule has 32 heavy (non-hydrogen) atoms. The molecule has 0 aromatic heterocycles. The second-order valence-corrected chi connectivity index (χ2v) is 9.71. The predicted molar refractivity (Wildman–Crippen MR) is 115 cm³/mol. The van der Waals surface area contributed by atoms with Crippen LogP contribution in [0.25, 0.3) is 0 Å². The van der Waals surface area contributed by atoms with Gasteiger partial charge in [-0.15, -0.1) is 0 Å². The summed E-state index contributed by atoms with van der Waals surface area (Å²) >= 11 is 0. The van der Waals surface area contributed by atoms with E-state index in [1.54, 1.807) is 12.1 Å². The summed E-state index contributed by atoms with van der Waals surface area (Å²) in [6.45, 7) is 1.59. The van der Waals surface area contributed by atoms with Gasteiger partial charge in [-0.3, -0.25) is 14.5 Å². The number of amides is 2. The van der Waals surface area contributed by atoms with E-state index < -0.39 is 27.6 Å². The number of piperazine rings is 1. The molecule has 1 aliphatic heterocycles. The van der Waals surface area contributed by atoms with Crippen molar-refractivity contribution in [3.63, 3.8) is 0 Å². The molecule has 0 saturated carbocycles. The number of hydrogen-bond acceptors (Lipinski definition) is 5. The van der Waals surface area contributed by atoms with Crippen molar-refractivity contribution in [3.05, 3.63) is 59.7 Å². The number of benzene rings is 2. The highest BCUT2D eigenvalue weighted by Gasteiger charge is 2.24. The first kappa shape index (κ1) is 23.8. The molecule has 0 atom stereocenters. The highest BCUT2D eigenvalue weighted by atomic mass is 32.2. The van der Waals surface area contributed by atoms with Crippen LogP contribution in [0.3, 0.4) is 0 Å². The van der Waals surface area contributed by atoms with E-state index in [4.69, 9.17) is 0 Å². The molecule has 172 valence electrons. The molecule has 1 N–H and O–H groups in total. The Bertz CT molecular complexity index is 1120. The van der Waals surface area contributed by atoms with Gasteiger partial charge in [-0.05, 0) is 36.4 Å². The van der Waals surface area contributed by atoms with E-state index in [-0.39, 0.29) is 22.9 Å². The number of nitrogens with one attached hydrogen (secondary N) is 1. The van der Waals surface area contributed by atoms with Crippen LogP contribution < -0.4 is 5.32 Å². The minimum Gasteiger partial charge on any atom is -0.336 e. The van der Waals surface area contributed by atoms with Crippen LogP contribution in [0.5, 0.6) is 0 Å². The quantitative estimate of drug-likeness (QED) is 0.699. The second kappa shape index (κ2) is 9.72. The van der Waals surface area contributed by atoms with Gasteiger partial charge in [0.2, 0.25) is 15.9 Å². The van der Waals surface area contributed by atoms with Crippen LogP contribution in [-0.4, -0.2) is 81.2 Å². The van der Waals surface area contributed by atoms with Crippen LogP contribution in [0.15, 0.2) is 47.4 Å². The predicted octanol–water partition coefficient (Wildman–Crippen LogP) is 1.61. The van der Waals surface area contributed by atoms with Gasteiger partial charge >= 0.3 is 0 Å². The Labute approximate surface area is 185 Å². The van der Waals surface area contributed by atoms with Gasteiger partial charge in [0.1, 0.15) is 0 Å². The lowest BCUT2D eigenvalue weighted by atomic mass is 10.1. The third kappa shape index (κ3) is 5.47. The first-order chi connectivity index (χ1) is 15.1. The van der Waals surface area contributed by atoms with Gasteiger partial charge in [0, 0.05) is 51.5 Å². The summed E-state index contributed by atoms with van der Waals surface area (Å²) in [5.74, 6) is -2.80. The normalized spacial score (nSPS) is 15.1. The lowest BCUT2D eigenvalue weighted by molar-refractivity contribution is -0.117. The van der Waals surface area contributed by atoms with Crippen LogP contribution >= 0.6 is 0 Å². The Morgan fingerprint density at radius 1 is 1.00 bits per heavy atom. The summed E-state index contributed by atoms with van der Waals surface area (Å²) < 4.78 is 52.0. The van der Waals surface area contributed by atoms with Gasteiger partial charge in [-0.25, -0.2) is 21.5 Å². The van der Waals surface area contributed by atoms with Gasteiger partial charge in [-0.1, -0.05) is 6.07 Å². The van der Waals surface area contributed by atoms with Crippen LogP contribution in [0, 0.1) is 11.6 Å². The van der Waals surface area contributed by atoms with Crippen molar-refractivity contribution in [1.29, 1.82) is 0 Å². The van der Waals surface area contributed by atoms with Crippen molar-refractivity contribution < 1.29 is 26.8 Å². The van der Waals surface area contributed by atoms with Crippen molar-refractivity contribution in [3.8, 4) is 0 Å². The molecule has 8 nitrogen and oxygen atoms in total. The van der Waals surface area contributed by atoms with Gasteiger partial charge in [0.05, 0.1) is 11.4 Å². The van der Waals surface area contributed by atoms with Gasteiger partial charge < -0.3 is 10.2 Å². The van der Waals surface area contributed by atoms with Crippen LogP contribution in [0.4, 0.5) is 14.5 Å². The molecule has 11 heteroatoms. The molecule has 0 unspecified atom stereocenters. The Hall–Kier alpha value is -2.89. The number of carbonyl (C=O) groups is 2. The zero-order chi connectivity index (χ0) is 23.5. The number of halogens is 2. The van der Waals surface area contributed by atoms with E-state index in [2.05, 4.69) is 5.32 Å². The Morgan fingerprint density at radius 2 is 1.69 bits per heavy atom. The average molecular weight is 467 g/mol. The van der Waals surface area contributed by atoms with E-state index in [0.717, 1.165) is 16.4 Å². The number of hydrogen-bond donors (Lipinski definition) is 1. The molecule has 1 aliphatic rings. The Balaban J connectivity index is 1.54. The summed E-state index contributed by atoms with van der Waals surface area (Å²) in [6.07, 6.45) is 0. The Morgan fingerprint density at radius 3 is 2.31 bits per heavy atom. The number of anilines is 1. The van der Waals surface area contributed by atoms with Crippen molar-refractivity contribution in [2.45, 2.75) is 4.90 Å². The lowest BCUT2D eigenvalue weighted by Crippen LogP contribution is -2.50.